The number of aliphatic hydroxyl groups excluding tert-OH is 1. The fraction of sp³-hybridized carbons (Fsp3) is 0.105. The van der Waals surface area contributed by atoms with E-state index in [4.69, 9.17) is 0 Å². The summed E-state index contributed by atoms with van der Waals surface area (Å²) in [6, 6.07) is 11.7. The molecule has 0 fully saturated rings. The van der Waals surface area contributed by atoms with Crippen LogP contribution in [0.5, 0.6) is 0 Å². The van der Waals surface area contributed by atoms with E-state index in [1.807, 2.05) is 43.3 Å². The van der Waals surface area contributed by atoms with E-state index >= 15 is 0 Å². The van der Waals surface area contributed by atoms with Crippen molar-refractivity contribution in [3.63, 3.8) is 0 Å². The van der Waals surface area contributed by atoms with E-state index < -0.39 is 0 Å². The molecule has 1 aromatic carbocycles. The van der Waals surface area contributed by atoms with Gasteiger partial charge in [-0.15, -0.1) is 0 Å². The maximum absolute atomic E-state index is 12.8. The van der Waals surface area contributed by atoms with Gasteiger partial charge in [-0.2, -0.15) is 5.10 Å². The first-order valence-corrected chi connectivity index (χ1v) is 8.39. The number of aryl methyl sites for hydroxylation is 2. The molecule has 4 rings (SSSR count). The van der Waals surface area contributed by atoms with Gasteiger partial charge >= 0.3 is 0 Å². The van der Waals surface area contributed by atoms with Gasteiger partial charge in [-0.3, -0.25) is 15.6 Å². The summed E-state index contributed by atoms with van der Waals surface area (Å²) >= 11 is 0. The summed E-state index contributed by atoms with van der Waals surface area (Å²) in [7, 11) is 0. The molecule has 0 aliphatic carbocycles. The van der Waals surface area contributed by atoms with Crippen molar-refractivity contribution in [1.29, 1.82) is 0 Å². The number of rotatable bonds is 3. The molecule has 1 aliphatic heterocycles. The number of fused-ring (bicyclic) bond motifs is 1. The maximum Gasteiger partial charge on any atom is 0.277 e. The molecular weight excluding hydrogens is 344 g/mol. The number of benzene rings is 1. The zero-order valence-corrected chi connectivity index (χ0v) is 14.8. The smallest absolute Gasteiger partial charge is 0.277 e. The van der Waals surface area contributed by atoms with Gasteiger partial charge in [0, 0.05) is 11.6 Å². The number of allylic oxidation sites excluding steroid dienone is 2. The highest BCUT2D eigenvalue weighted by atomic mass is 16.3. The predicted octanol–water partition coefficient (Wildman–Crippen LogP) is 2.09. The van der Waals surface area contributed by atoms with Gasteiger partial charge in [0.25, 0.3) is 5.91 Å². The average molecular weight is 362 g/mol. The minimum absolute atomic E-state index is 0.0385. The molecule has 8 nitrogen and oxygen atoms in total. The van der Waals surface area contributed by atoms with Crippen molar-refractivity contribution in [2.45, 2.75) is 13.8 Å². The summed E-state index contributed by atoms with van der Waals surface area (Å²) in [5.74, 6) is 0.00895. The van der Waals surface area contributed by atoms with Gasteiger partial charge in [0.1, 0.15) is 5.82 Å². The van der Waals surface area contributed by atoms with Crippen LogP contribution >= 0.6 is 0 Å². The molecule has 3 aromatic rings. The second-order valence-corrected chi connectivity index (χ2v) is 6.24. The van der Waals surface area contributed by atoms with Crippen LogP contribution in [0.2, 0.25) is 0 Å². The van der Waals surface area contributed by atoms with Gasteiger partial charge in [-0.1, -0.05) is 23.8 Å². The SMILES string of the molecule is Cc1cccc(-c2ccc3nc(C)c(C(=O)NC4=CC=C(O)NN4)n3n2)c1. The molecule has 27 heavy (non-hydrogen) atoms. The van der Waals surface area contributed by atoms with Gasteiger partial charge in [0.15, 0.2) is 11.3 Å². The van der Waals surface area contributed by atoms with Crippen molar-refractivity contribution < 1.29 is 9.90 Å². The molecule has 1 aliphatic rings. The fourth-order valence-corrected chi connectivity index (χ4v) is 2.89. The first-order valence-electron chi connectivity index (χ1n) is 8.39. The molecule has 4 N–H and O–H groups in total. The second-order valence-electron chi connectivity index (χ2n) is 6.24. The molecule has 0 spiro atoms. The second kappa shape index (κ2) is 6.49. The van der Waals surface area contributed by atoms with E-state index in [0.29, 0.717) is 22.9 Å². The number of hydrogen-bond acceptors (Lipinski definition) is 6. The first-order chi connectivity index (χ1) is 13.0. The minimum Gasteiger partial charge on any atom is -0.494 e. The van der Waals surface area contributed by atoms with Gasteiger partial charge in [0.2, 0.25) is 5.88 Å². The van der Waals surface area contributed by atoms with E-state index in [2.05, 4.69) is 26.3 Å². The maximum atomic E-state index is 12.8. The van der Waals surface area contributed by atoms with Crippen LogP contribution in [0, 0.1) is 13.8 Å². The van der Waals surface area contributed by atoms with Crippen molar-refractivity contribution >= 4 is 11.6 Å². The monoisotopic (exact) mass is 362 g/mol. The minimum atomic E-state index is -0.357. The van der Waals surface area contributed by atoms with Crippen LogP contribution in [-0.4, -0.2) is 25.6 Å². The van der Waals surface area contributed by atoms with Crippen LogP contribution in [0.4, 0.5) is 0 Å². The molecule has 0 saturated carbocycles. The lowest BCUT2D eigenvalue weighted by Crippen LogP contribution is -2.41. The summed E-state index contributed by atoms with van der Waals surface area (Å²) in [6.07, 6.45) is 2.98. The zero-order valence-electron chi connectivity index (χ0n) is 14.8. The molecule has 8 heteroatoms. The standard InChI is InChI=1S/C19H18N6O2/c1-11-4-3-5-13(10-11)14-6-8-16-20-12(2)18(25(16)24-14)19(27)21-15-7-9-17(26)23-22-15/h3-10,22-23,26H,1-2H3,(H,21,27). The van der Waals surface area contributed by atoms with Gasteiger partial charge in [0.05, 0.1) is 11.4 Å². The van der Waals surface area contributed by atoms with Gasteiger partial charge in [-0.25, -0.2) is 9.50 Å². The molecule has 0 unspecified atom stereocenters. The highest BCUT2D eigenvalue weighted by molar-refractivity contribution is 5.95. The molecule has 0 bridgehead atoms. The third kappa shape index (κ3) is 3.20. The summed E-state index contributed by atoms with van der Waals surface area (Å²) in [4.78, 5) is 17.2. The number of carbonyl (C=O) groups is 1. The van der Waals surface area contributed by atoms with Crippen LogP contribution in [0.3, 0.4) is 0 Å². The molecular formula is C19H18N6O2. The summed E-state index contributed by atoms with van der Waals surface area (Å²) < 4.78 is 1.55. The van der Waals surface area contributed by atoms with Crippen LogP contribution in [0.25, 0.3) is 16.9 Å². The van der Waals surface area contributed by atoms with E-state index in [1.165, 1.54) is 6.08 Å². The average Bonchev–Trinajstić information content (AvgIpc) is 2.98. The molecule has 3 heterocycles. The summed E-state index contributed by atoms with van der Waals surface area (Å²) in [5.41, 5.74) is 9.57. The Labute approximate surface area is 155 Å². The molecule has 0 radical (unpaired) electrons. The molecule has 0 saturated heterocycles. The third-order valence-electron chi connectivity index (χ3n) is 4.16. The quantitative estimate of drug-likeness (QED) is 0.569. The lowest BCUT2D eigenvalue weighted by atomic mass is 10.1. The Morgan fingerprint density at radius 2 is 2.00 bits per heavy atom. The van der Waals surface area contributed by atoms with Crippen LogP contribution in [0.15, 0.2) is 60.3 Å². The highest BCUT2D eigenvalue weighted by Gasteiger charge is 2.19. The van der Waals surface area contributed by atoms with Gasteiger partial charge < -0.3 is 10.4 Å². The number of imidazole rings is 1. The van der Waals surface area contributed by atoms with Crippen molar-refractivity contribution in [2.24, 2.45) is 0 Å². The first kappa shape index (κ1) is 16.6. The Bertz CT molecular complexity index is 1110. The Kier molecular flexibility index (Phi) is 4.00. The van der Waals surface area contributed by atoms with Crippen molar-refractivity contribution in [2.75, 3.05) is 0 Å². The number of hydrazine groups is 1. The number of hydrogen-bond donors (Lipinski definition) is 4. The third-order valence-corrected chi connectivity index (χ3v) is 4.16. The van der Waals surface area contributed by atoms with Crippen LogP contribution in [0.1, 0.15) is 21.7 Å². The van der Waals surface area contributed by atoms with Crippen LogP contribution < -0.4 is 16.2 Å². The fourth-order valence-electron chi connectivity index (χ4n) is 2.89. The van der Waals surface area contributed by atoms with Crippen molar-refractivity contribution in [3.8, 4) is 11.3 Å². The highest BCUT2D eigenvalue weighted by Crippen LogP contribution is 2.20. The predicted molar refractivity (Wildman–Crippen MR) is 100 cm³/mol. The normalized spacial score (nSPS) is 13.4. The number of amides is 1. The topological polar surface area (TPSA) is 104 Å². The number of aromatic nitrogens is 3. The van der Waals surface area contributed by atoms with Crippen molar-refractivity contribution in [3.05, 3.63) is 77.2 Å². The molecule has 1 amide bonds. The number of nitrogens with one attached hydrogen (secondary N) is 3. The zero-order chi connectivity index (χ0) is 19.0. The number of carbonyl (C=O) groups excluding carboxylic acids is 1. The molecule has 136 valence electrons. The van der Waals surface area contributed by atoms with E-state index in [9.17, 15) is 9.90 Å². The largest absolute Gasteiger partial charge is 0.494 e. The lowest BCUT2D eigenvalue weighted by Gasteiger charge is -2.16. The summed E-state index contributed by atoms with van der Waals surface area (Å²) in [5, 5.41) is 16.6. The Morgan fingerprint density at radius 1 is 1.15 bits per heavy atom. The Hall–Kier alpha value is -3.81. The van der Waals surface area contributed by atoms with Crippen molar-refractivity contribution in [1.82, 2.24) is 30.8 Å². The Morgan fingerprint density at radius 3 is 2.74 bits per heavy atom. The number of nitrogens with zero attached hydrogens (tertiary/aromatic N) is 3. The lowest BCUT2D eigenvalue weighted by molar-refractivity contribution is 0.0953. The molecule has 2 aromatic heterocycles. The van der Waals surface area contributed by atoms with Crippen LogP contribution in [-0.2, 0) is 0 Å². The van der Waals surface area contributed by atoms with Gasteiger partial charge in [-0.05, 0) is 38.1 Å². The summed E-state index contributed by atoms with van der Waals surface area (Å²) in [6.45, 7) is 3.79. The molecule has 0 atom stereocenters. The Balaban J connectivity index is 1.73. The number of aliphatic hydroxyl groups is 1. The van der Waals surface area contributed by atoms with E-state index in [-0.39, 0.29) is 11.8 Å². The van der Waals surface area contributed by atoms with E-state index in [1.54, 1.807) is 17.5 Å². The van der Waals surface area contributed by atoms with E-state index in [0.717, 1.165) is 16.8 Å².